The van der Waals surface area contributed by atoms with E-state index in [2.05, 4.69) is 20.6 Å². The summed E-state index contributed by atoms with van der Waals surface area (Å²) in [6, 6.07) is 9.87. The van der Waals surface area contributed by atoms with Crippen LogP contribution in [-0.4, -0.2) is 45.0 Å². The average molecular weight is 547 g/mol. The molecule has 11 nitrogen and oxygen atoms in total. The van der Waals surface area contributed by atoms with E-state index in [9.17, 15) is 14.0 Å². The number of nitrogens with zero attached hydrogens (tertiary/aromatic N) is 4. The highest BCUT2D eigenvalue weighted by Crippen LogP contribution is 2.50. The number of hydrogen-bond acceptors (Lipinski definition) is 9. The van der Waals surface area contributed by atoms with Crippen LogP contribution in [0.1, 0.15) is 60.5 Å². The van der Waals surface area contributed by atoms with Crippen molar-refractivity contribution in [3.05, 3.63) is 53.3 Å². The minimum Gasteiger partial charge on any atom is -0.451 e. The van der Waals surface area contributed by atoms with Crippen LogP contribution >= 0.6 is 0 Å². The van der Waals surface area contributed by atoms with Gasteiger partial charge in [0.05, 0.1) is 16.6 Å². The number of imidazole rings is 1. The molecule has 1 amide bonds. The van der Waals surface area contributed by atoms with Gasteiger partial charge in [0.25, 0.3) is 0 Å². The maximum absolute atomic E-state index is 14.0. The topological polar surface area (TPSA) is 147 Å². The first-order chi connectivity index (χ1) is 19.4. The number of rotatable bonds is 4. The first kappa shape index (κ1) is 24.7. The van der Waals surface area contributed by atoms with Crippen LogP contribution in [-0.2, 0) is 19.9 Å². The summed E-state index contributed by atoms with van der Waals surface area (Å²) in [5, 5.41) is 10.6. The number of esters is 1. The molecule has 1 saturated heterocycles. The molecule has 3 aliphatic rings. The molecule has 3 N–H and O–H groups in total. The molecule has 0 bridgehead atoms. The molecule has 4 heterocycles. The van der Waals surface area contributed by atoms with Crippen molar-refractivity contribution >= 4 is 34.4 Å². The van der Waals surface area contributed by atoms with Crippen LogP contribution in [0.4, 0.5) is 15.9 Å². The molecule has 2 aromatic heterocycles. The number of halogens is 1. The normalized spacial score (nSPS) is 22.9. The summed E-state index contributed by atoms with van der Waals surface area (Å²) in [6.45, 7) is 1.16. The number of fused-ring (bicyclic) bond motifs is 3. The van der Waals surface area contributed by atoms with Crippen molar-refractivity contribution in [2.75, 3.05) is 24.3 Å². The van der Waals surface area contributed by atoms with Gasteiger partial charge in [-0.25, -0.2) is 18.8 Å². The second kappa shape index (κ2) is 9.40. The number of nitrogens with two attached hydrogens (primary N) is 1. The second-order valence-electron chi connectivity index (χ2n) is 10.7. The van der Waals surface area contributed by atoms with Crippen LogP contribution < -0.4 is 11.1 Å². The molecule has 7 rings (SSSR count). The number of carbonyl (C=O) groups is 2. The van der Waals surface area contributed by atoms with E-state index in [1.54, 1.807) is 12.1 Å². The highest BCUT2D eigenvalue weighted by molar-refractivity contribution is 5.98. The van der Waals surface area contributed by atoms with E-state index in [1.807, 2.05) is 16.7 Å². The molecule has 1 spiro atoms. The fraction of sp³-hybridized carbons (Fsp3) is 0.393. The van der Waals surface area contributed by atoms with E-state index < -0.39 is 11.4 Å². The minimum atomic E-state index is -0.747. The average Bonchev–Trinajstić information content (AvgIpc) is 3.63. The zero-order chi connectivity index (χ0) is 27.4. The number of aromatic nitrogens is 4. The summed E-state index contributed by atoms with van der Waals surface area (Å²) >= 11 is 0. The van der Waals surface area contributed by atoms with E-state index in [1.165, 1.54) is 12.1 Å². The predicted octanol–water partition coefficient (Wildman–Crippen LogP) is 4.35. The lowest BCUT2D eigenvalue weighted by atomic mass is 9.77. The number of amides is 1. The van der Waals surface area contributed by atoms with Crippen molar-refractivity contribution in [2.45, 2.75) is 50.2 Å². The number of benzene rings is 2. The molecule has 12 heteroatoms. The van der Waals surface area contributed by atoms with E-state index in [0.29, 0.717) is 80.0 Å². The fourth-order valence-electron chi connectivity index (χ4n) is 6.34. The van der Waals surface area contributed by atoms with E-state index >= 15 is 0 Å². The van der Waals surface area contributed by atoms with Crippen LogP contribution in [0.2, 0.25) is 0 Å². The summed E-state index contributed by atoms with van der Waals surface area (Å²) in [5.74, 6) is -0.385. The van der Waals surface area contributed by atoms with Crippen molar-refractivity contribution in [1.82, 2.24) is 19.9 Å². The minimum absolute atomic E-state index is 0.0343. The molecule has 1 aliphatic carbocycles. The smallest absolute Gasteiger partial charge is 0.339 e. The molecule has 1 saturated carbocycles. The third-order valence-electron chi connectivity index (χ3n) is 8.38. The van der Waals surface area contributed by atoms with Gasteiger partial charge >= 0.3 is 5.97 Å². The van der Waals surface area contributed by atoms with Crippen LogP contribution in [0.15, 0.2) is 41.0 Å². The van der Waals surface area contributed by atoms with Crippen molar-refractivity contribution in [2.24, 2.45) is 5.92 Å². The fourth-order valence-corrected chi connectivity index (χ4v) is 6.34. The molecule has 40 heavy (non-hydrogen) atoms. The molecule has 2 aromatic carbocycles. The Labute approximate surface area is 227 Å². The molecule has 2 fully saturated rings. The first-order valence-corrected chi connectivity index (χ1v) is 13.4. The van der Waals surface area contributed by atoms with Crippen molar-refractivity contribution < 1.29 is 28.1 Å². The number of carbonyl (C=O) groups excluding carboxylic acids is 2. The van der Waals surface area contributed by atoms with Crippen LogP contribution in [0.3, 0.4) is 0 Å². The molecule has 206 valence electrons. The Hall–Kier alpha value is -4.32. The maximum Gasteiger partial charge on any atom is 0.339 e. The summed E-state index contributed by atoms with van der Waals surface area (Å²) in [4.78, 5) is 30.3. The third kappa shape index (κ3) is 4.01. The quantitative estimate of drug-likeness (QED) is 0.356. The van der Waals surface area contributed by atoms with E-state index in [-0.39, 0.29) is 29.7 Å². The summed E-state index contributed by atoms with van der Waals surface area (Å²) in [7, 11) is 0. The van der Waals surface area contributed by atoms with Gasteiger partial charge in [0, 0.05) is 42.5 Å². The van der Waals surface area contributed by atoms with Gasteiger partial charge < -0.3 is 25.1 Å². The Balaban J connectivity index is 1.15. The monoisotopic (exact) mass is 546 g/mol. The lowest BCUT2D eigenvalue weighted by Gasteiger charge is -2.37. The van der Waals surface area contributed by atoms with Gasteiger partial charge in [-0.15, -0.1) is 0 Å². The van der Waals surface area contributed by atoms with Gasteiger partial charge in [-0.1, -0.05) is 6.07 Å². The largest absolute Gasteiger partial charge is 0.451 e. The Morgan fingerprint density at radius 2 is 1.88 bits per heavy atom. The highest BCUT2D eigenvalue weighted by atomic mass is 19.1. The number of nitrogens with one attached hydrogen (secondary N) is 1. The van der Waals surface area contributed by atoms with Crippen LogP contribution in [0, 0.1) is 11.7 Å². The Morgan fingerprint density at radius 3 is 2.62 bits per heavy atom. The molecule has 0 unspecified atom stereocenters. The first-order valence-electron chi connectivity index (χ1n) is 13.4. The van der Waals surface area contributed by atoms with Gasteiger partial charge in [0.2, 0.25) is 5.91 Å². The number of anilines is 2. The Kier molecular flexibility index (Phi) is 5.81. The van der Waals surface area contributed by atoms with Gasteiger partial charge in [-0.3, -0.25) is 4.79 Å². The lowest BCUT2D eigenvalue weighted by Crippen LogP contribution is -2.33. The zero-order valence-corrected chi connectivity index (χ0v) is 21.6. The standard InChI is InChI=1S/C28H27FN6O5/c29-16-1-4-22-21(13-16)32-25(23-24(30)34-40-33-23)35(22)18-5-9-28(10-6-18)20-3-2-17(14-19(20)27(37)39-28)31-26(36)15-7-11-38-12-8-15/h1-4,13-15,18H,5-12H2,(H2,30,34)(H,31,36). The lowest BCUT2D eigenvalue weighted by molar-refractivity contribution is -0.122. The number of hydrogen-bond donors (Lipinski definition) is 2. The van der Waals surface area contributed by atoms with Gasteiger partial charge in [0.15, 0.2) is 17.3 Å². The van der Waals surface area contributed by atoms with E-state index in [4.69, 9.17) is 19.8 Å². The molecule has 2 aliphatic heterocycles. The molecule has 0 radical (unpaired) electrons. The maximum atomic E-state index is 14.0. The van der Waals surface area contributed by atoms with Crippen LogP contribution in [0.5, 0.6) is 0 Å². The van der Waals surface area contributed by atoms with Gasteiger partial charge in [-0.2, -0.15) is 0 Å². The van der Waals surface area contributed by atoms with Crippen molar-refractivity contribution in [3.63, 3.8) is 0 Å². The summed E-state index contributed by atoms with van der Waals surface area (Å²) in [6.07, 6.45) is 3.86. The van der Waals surface area contributed by atoms with Gasteiger partial charge in [-0.05, 0) is 73.1 Å². The second-order valence-corrected chi connectivity index (χ2v) is 10.7. The summed E-state index contributed by atoms with van der Waals surface area (Å²) < 4.78 is 32.2. The van der Waals surface area contributed by atoms with Gasteiger partial charge in [0.1, 0.15) is 11.4 Å². The Morgan fingerprint density at radius 1 is 1.07 bits per heavy atom. The predicted molar refractivity (Wildman–Crippen MR) is 141 cm³/mol. The van der Waals surface area contributed by atoms with Crippen LogP contribution in [0.25, 0.3) is 22.6 Å². The number of nitrogen functional groups attached to an aromatic ring is 1. The Bertz CT molecular complexity index is 1630. The molecule has 0 atom stereocenters. The van der Waals surface area contributed by atoms with Crippen molar-refractivity contribution in [1.29, 1.82) is 0 Å². The highest BCUT2D eigenvalue weighted by Gasteiger charge is 2.48. The number of ether oxygens (including phenoxy) is 2. The van der Waals surface area contributed by atoms with E-state index in [0.717, 1.165) is 11.1 Å². The summed E-state index contributed by atoms with van der Waals surface area (Å²) in [5.41, 5.74) is 8.66. The third-order valence-corrected chi connectivity index (χ3v) is 8.38. The molecular weight excluding hydrogens is 519 g/mol. The SMILES string of the molecule is Nc1nonc1-c1nc2cc(F)ccc2n1C1CCC2(CC1)OC(=O)c1cc(NC(=O)C3CCOCC3)ccc12. The molecular formula is C28H27FN6O5. The van der Waals surface area contributed by atoms with Crippen molar-refractivity contribution in [3.8, 4) is 11.5 Å². The molecule has 4 aromatic rings. The zero-order valence-electron chi connectivity index (χ0n) is 21.6.